The molecule has 1 heterocycles. The van der Waals surface area contributed by atoms with Gasteiger partial charge in [0.25, 0.3) is 5.91 Å². The van der Waals surface area contributed by atoms with Crippen molar-refractivity contribution in [1.29, 1.82) is 0 Å². The van der Waals surface area contributed by atoms with Gasteiger partial charge in [0, 0.05) is 23.4 Å². The van der Waals surface area contributed by atoms with Crippen molar-refractivity contribution in [2.75, 3.05) is 23.7 Å². The van der Waals surface area contributed by atoms with Gasteiger partial charge in [-0.05, 0) is 75.0 Å². The van der Waals surface area contributed by atoms with Crippen molar-refractivity contribution < 1.29 is 9.59 Å². The van der Waals surface area contributed by atoms with E-state index in [4.69, 9.17) is 0 Å². The van der Waals surface area contributed by atoms with E-state index in [0.29, 0.717) is 23.6 Å². The normalized spacial score (nSPS) is 14.6. The summed E-state index contributed by atoms with van der Waals surface area (Å²) in [6.45, 7) is 4.01. The Hall–Kier alpha value is -2.66. The van der Waals surface area contributed by atoms with Crippen LogP contribution in [0.25, 0.3) is 0 Å². The van der Waals surface area contributed by atoms with Crippen LogP contribution in [-0.2, 0) is 4.79 Å². The molecule has 2 aromatic carbocycles. The van der Waals surface area contributed by atoms with Crippen LogP contribution in [0, 0.1) is 12.8 Å². The lowest BCUT2D eigenvalue weighted by molar-refractivity contribution is -0.116. The van der Waals surface area contributed by atoms with Crippen molar-refractivity contribution >= 4 is 23.2 Å². The lowest BCUT2D eigenvalue weighted by atomic mass is 9.93. The highest BCUT2D eigenvalue weighted by atomic mass is 16.2. The standard InChI is InChI=1S/C22H27N3O2/c1-16-19(24-21(26)11-10-17-12-14-23-15-13-17)8-5-9-20(16)25-22(27)18-6-3-2-4-7-18/h2-9,17,23H,10-15H2,1H3,(H,24,26)(H,25,27). The van der Waals surface area contributed by atoms with Gasteiger partial charge in [-0.2, -0.15) is 0 Å². The summed E-state index contributed by atoms with van der Waals surface area (Å²) >= 11 is 0. The number of hydrogen-bond acceptors (Lipinski definition) is 3. The van der Waals surface area contributed by atoms with Crippen molar-refractivity contribution in [2.24, 2.45) is 5.92 Å². The van der Waals surface area contributed by atoms with Gasteiger partial charge in [0.15, 0.2) is 0 Å². The van der Waals surface area contributed by atoms with E-state index in [1.807, 2.05) is 43.3 Å². The summed E-state index contributed by atoms with van der Waals surface area (Å²) in [5, 5.41) is 9.27. The highest BCUT2D eigenvalue weighted by Crippen LogP contribution is 2.25. The molecule has 5 nitrogen and oxygen atoms in total. The monoisotopic (exact) mass is 365 g/mol. The quantitative estimate of drug-likeness (QED) is 0.725. The van der Waals surface area contributed by atoms with Crippen molar-refractivity contribution in [2.45, 2.75) is 32.6 Å². The van der Waals surface area contributed by atoms with Crippen LogP contribution >= 0.6 is 0 Å². The number of carbonyl (C=O) groups is 2. The summed E-state index contributed by atoms with van der Waals surface area (Å²) in [6.07, 6.45) is 3.75. The first-order valence-electron chi connectivity index (χ1n) is 9.60. The van der Waals surface area contributed by atoms with Crippen LogP contribution in [0.5, 0.6) is 0 Å². The number of piperidine rings is 1. The number of nitrogens with one attached hydrogen (secondary N) is 3. The third-order valence-electron chi connectivity index (χ3n) is 5.13. The Bertz CT molecular complexity index is 783. The molecule has 3 rings (SSSR count). The maximum absolute atomic E-state index is 12.4. The third-order valence-corrected chi connectivity index (χ3v) is 5.13. The molecule has 1 fully saturated rings. The van der Waals surface area contributed by atoms with Gasteiger partial charge in [-0.3, -0.25) is 9.59 Å². The number of benzene rings is 2. The molecule has 2 aromatic rings. The van der Waals surface area contributed by atoms with Crippen molar-refractivity contribution in [3.05, 3.63) is 59.7 Å². The highest BCUT2D eigenvalue weighted by molar-refractivity contribution is 6.05. The van der Waals surface area contributed by atoms with E-state index in [-0.39, 0.29) is 11.8 Å². The average molecular weight is 365 g/mol. The molecule has 0 aromatic heterocycles. The largest absolute Gasteiger partial charge is 0.326 e. The van der Waals surface area contributed by atoms with E-state index in [9.17, 15) is 9.59 Å². The lowest BCUT2D eigenvalue weighted by Gasteiger charge is -2.22. The Labute approximate surface area is 160 Å². The summed E-state index contributed by atoms with van der Waals surface area (Å²) in [7, 11) is 0. The van der Waals surface area contributed by atoms with Gasteiger partial charge in [0.1, 0.15) is 0 Å². The van der Waals surface area contributed by atoms with Gasteiger partial charge in [-0.1, -0.05) is 24.3 Å². The zero-order valence-corrected chi connectivity index (χ0v) is 15.8. The van der Waals surface area contributed by atoms with E-state index < -0.39 is 0 Å². The predicted octanol–water partition coefficient (Wildman–Crippen LogP) is 3.97. The van der Waals surface area contributed by atoms with Crippen LogP contribution in [-0.4, -0.2) is 24.9 Å². The minimum absolute atomic E-state index is 0.0307. The number of hydrogen-bond donors (Lipinski definition) is 3. The molecule has 142 valence electrons. The number of anilines is 2. The summed E-state index contributed by atoms with van der Waals surface area (Å²) in [6, 6.07) is 14.7. The molecule has 1 saturated heterocycles. The number of carbonyl (C=O) groups excluding carboxylic acids is 2. The molecule has 1 aliphatic heterocycles. The van der Waals surface area contributed by atoms with Crippen molar-refractivity contribution in [1.82, 2.24) is 5.32 Å². The Morgan fingerprint density at radius 3 is 2.33 bits per heavy atom. The Kier molecular flexibility index (Phi) is 6.60. The molecule has 0 atom stereocenters. The fourth-order valence-corrected chi connectivity index (χ4v) is 3.41. The minimum Gasteiger partial charge on any atom is -0.326 e. The smallest absolute Gasteiger partial charge is 0.255 e. The molecule has 0 saturated carbocycles. The molecule has 0 radical (unpaired) electrons. The van der Waals surface area contributed by atoms with Crippen LogP contribution in [0.2, 0.25) is 0 Å². The van der Waals surface area contributed by atoms with Crippen LogP contribution in [0.3, 0.4) is 0 Å². The van der Waals surface area contributed by atoms with Gasteiger partial charge in [0.05, 0.1) is 0 Å². The van der Waals surface area contributed by atoms with Crippen LogP contribution in [0.15, 0.2) is 48.5 Å². The topological polar surface area (TPSA) is 70.2 Å². The fourth-order valence-electron chi connectivity index (χ4n) is 3.41. The maximum atomic E-state index is 12.4. The van der Waals surface area contributed by atoms with E-state index in [1.54, 1.807) is 12.1 Å². The van der Waals surface area contributed by atoms with E-state index in [0.717, 1.165) is 43.6 Å². The fraction of sp³-hybridized carbons (Fsp3) is 0.364. The predicted molar refractivity (Wildman–Crippen MR) is 109 cm³/mol. The van der Waals surface area contributed by atoms with Gasteiger partial charge in [-0.15, -0.1) is 0 Å². The second-order valence-corrected chi connectivity index (χ2v) is 7.08. The molecule has 0 spiro atoms. The summed E-state index contributed by atoms with van der Waals surface area (Å²) in [5.74, 6) is 0.505. The molecule has 5 heteroatoms. The van der Waals surface area contributed by atoms with Gasteiger partial charge in [-0.25, -0.2) is 0 Å². The molecular formula is C22H27N3O2. The van der Waals surface area contributed by atoms with E-state index in [2.05, 4.69) is 16.0 Å². The Balaban J connectivity index is 1.59. The van der Waals surface area contributed by atoms with Gasteiger partial charge < -0.3 is 16.0 Å². The summed E-state index contributed by atoms with van der Waals surface area (Å²) < 4.78 is 0. The first-order chi connectivity index (χ1) is 13.1. The van der Waals surface area contributed by atoms with Gasteiger partial charge in [0.2, 0.25) is 5.91 Å². The van der Waals surface area contributed by atoms with Crippen molar-refractivity contribution in [3.8, 4) is 0 Å². The second kappa shape index (κ2) is 9.33. The average Bonchev–Trinajstić information content (AvgIpc) is 2.71. The zero-order chi connectivity index (χ0) is 19.1. The SMILES string of the molecule is Cc1c(NC(=O)CCC2CCNCC2)cccc1NC(=O)c1ccccc1. The Morgan fingerprint density at radius 2 is 1.63 bits per heavy atom. The van der Waals surface area contributed by atoms with Crippen LogP contribution in [0.1, 0.15) is 41.6 Å². The minimum atomic E-state index is -0.159. The number of rotatable bonds is 6. The molecule has 3 N–H and O–H groups in total. The zero-order valence-electron chi connectivity index (χ0n) is 15.8. The number of amides is 2. The van der Waals surface area contributed by atoms with Crippen LogP contribution in [0.4, 0.5) is 11.4 Å². The first-order valence-corrected chi connectivity index (χ1v) is 9.60. The first kappa shape index (κ1) is 19.1. The van der Waals surface area contributed by atoms with Crippen molar-refractivity contribution in [3.63, 3.8) is 0 Å². The van der Waals surface area contributed by atoms with Crippen LogP contribution < -0.4 is 16.0 Å². The summed E-state index contributed by atoms with van der Waals surface area (Å²) in [5.41, 5.74) is 2.92. The molecule has 0 unspecified atom stereocenters. The molecular weight excluding hydrogens is 338 g/mol. The summed E-state index contributed by atoms with van der Waals surface area (Å²) in [4.78, 5) is 24.7. The van der Waals surface area contributed by atoms with E-state index in [1.165, 1.54) is 0 Å². The van der Waals surface area contributed by atoms with Gasteiger partial charge >= 0.3 is 0 Å². The molecule has 0 aliphatic carbocycles. The third kappa shape index (κ3) is 5.41. The second-order valence-electron chi connectivity index (χ2n) is 7.08. The lowest BCUT2D eigenvalue weighted by Crippen LogP contribution is -2.28. The highest BCUT2D eigenvalue weighted by Gasteiger charge is 2.15. The molecule has 0 bridgehead atoms. The Morgan fingerprint density at radius 1 is 0.963 bits per heavy atom. The van der Waals surface area contributed by atoms with E-state index >= 15 is 0 Å². The molecule has 2 amide bonds. The maximum Gasteiger partial charge on any atom is 0.255 e. The molecule has 27 heavy (non-hydrogen) atoms. The molecule has 1 aliphatic rings.